The van der Waals surface area contributed by atoms with Gasteiger partial charge in [-0.15, -0.1) is 0 Å². The minimum absolute atomic E-state index is 0.255. The number of aromatic nitrogens is 4. The van der Waals surface area contributed by atoms with E-state index in [1.54, 1.807) is 0 Å². The van der Waals surface area contributed by atoms with Crippen LogP contribution in [0.25, 0.3) is 11.1 Å². The van der Waals surface area contributed by atoms with Gasteiger partial charge in [-0.05, 0) is 60.4 Å². The van der Waals surface area contributed by atoms with E-state index in [1.165, 1.54) is 37.2 Å². The quantitative estimate of drug-likeness (QED) is 0.500. The fraction of sp³-hybridized carbons (Fsp3) is 0.0833. The van der Waals surface area contributed by atoms with E-state index < -0.39 is 0 Å². The number of anilines is 2. The maximum absolute atomic E-state index is 12.3. The lowest BCUT2D eigenvalue weighted by Crippen LogP contribution is -2.14. The average Bonchev–Trinajstić information content (AvgIpc) is 2.82. The topological polar surface area (TPSA) is 110 Å². The fourth-order valence-corrected chi connectivity index (χ4v) is 3.17. The monoisotopic (exact) mass is 424 g/mol. The average molecular weight is 424 g/mol. The molecular formula is C24H20N6O2. The molecule has 32 heavy (non-hydrogen) atoms. The smallest absolute Gasteiger partial charge is 0.275 e. The molecule has 0 aliphatic carbocycles. The third-order valence-corrected chi connectivity index (χ3v) is 4.87. The number of aryl methyl sites for hydroxylation is 2. The van der Waals surface area contributed by atoms with Gasteiger partial charge in [-0.1, -0.05) is 12.1 Å². The van der Waals surface area contributed by atoms with Crippen molar-refractivity contribution in [1.82, 2.24) is 19.9 Å². The number of carbonyl (C=O) groups is 2. The summed E-state index contributed by atoms with van der Waals surface area (Å²) in [7, 11) is 0. The van der Waals surface area contributed by atoms with Crippen LogP contribution in [0.5, 0.6) is 0 Å². The Morgan fingerprint density at radius 2 is 1.09 bits per heavy atom. The zero-order valence-electron chi connectivity index (χ0n) is 17.5. The third kappa shape index (κ3) is 4.65. The standard InChI is InChI=1S/C24H20N6O2/c1-15-11-17(3-5-19(15)29-23(31)21-13-25-7-9-27-21)18-4-6-20(16(2)12-18)30-24(32)22-14-26-8-10-28-22/h3-14H,1-2H3,(H,29,31)(H,30,32). The van der Waals surface area contributed by atoms with Gasteiger partial charge in [0, 0.05) is 36.2 Å². The molecular weight excluding hydrogens is 404 g/mol. The van der Waals surface area contributed by atoms with E-state index in [-0.39, 0.29) is 23.2 Å². The highest BCUT2D eigenvalue weighted by Gasteiger charge is 2.12. The lowest BCUT2D eigenvalue weighted by molar-refractivity contribution is 0.101. The number of hydrogen-bond acceptors (Lipinski definition) is 6. The third-order valence-electron chi connectivity index (χ3n) is 4.87. The van der Waals surface area contributed by atoms with E-state index >= 15 is 0 Å². The highest BCUT2D eigenvalue weighted by Crippen LogP contribution is 2.28. The van der Waals surface area contributed by atoms with Crippen LogP contribution in [0.15, 0.2) is 73.6 Å². The first-order valence-electron chi connectivity index (χ1n) is 9.87. The van der Waals surface area contributed by atoms with Crippen molar-refractivity contribution in [2.24, 2.45) is 0 Å². The van der Waals surface area contributed by atoms with Gasteiger partial charge in [0.15, 0.2) is 0 Å². The van der Waals surface area contributed by atoms with Gasteiger partial charge in [-0.3, -0.25) is 19.6 Å². The molecule has 2 heterocycles. The second-order valence-electron chi connectivity index (χ2n) is 7.15. The van der Waals surface area contributed by atoms with Crippen LogP contribution >= 0.6 is 0 Å². The first kappa shape index (κ1) is 20.8. The molecule has 0 aliphatic heterocycles. The van der Waals surface area contributed by atoms with Gasteiger partial charge in [-0.25, -0.2) is 9.97 Å². The first-order valence-corrected chi connectivity index (χ1v) is 9.87. The molecule has 2 N–H and O–H groups in total. The molecule has 4 aromatic rings. The number of carbonyl (C=O) groups excluding carboxylic acids is 2. The van der Waals surface area contributed by atoms with Crippen LogP contribution < -0.4 is 10.6 Å². The Morgan fingerprint density at radius 1 is 0.656 bits per heavy atom. The molecule has 8 heteroatoms. The van der Waals surface area contributed by atoms with E-state index in [9.17, 15) is 9.59 Å². The Hall–Kier alpha value is -4.46. The number of benzene rings is 2. The van der Waals surface area contributed by atoms with Crippen molar-refractivity contribution in [3.8, 4) is 11.1 Å². The van der Waals surface area contributed by atoms with Crippen molar-refractivity contribution in [2.45, 2.75) is 13.8 Å². The molecule has 0 saturated heterocycles. The largest absolute Gasteiger partial charge is 0.320 e. The van der Waals surface area contributed by atoms with Crippen molar-refractivity contribution >= 4 is 23.2 Å². The predicted octanol–water partition coefficient (Wildman–Crippen LogP) is 4.06. The van der Waals surface area contributed by atoms with Gasteiger partial charge in [0.05, 0.1) is 12.4 Å². The van der Waals surface area contributed by atoms with Crippen molar-refractivity contribution in [3.05, 3.63) is 96.1 Å². The Balaban J connectivity index is 1.50. The van der Waals surface area contributed by atoms with Crippen molar-refractivity contribution in [2.75, 3.05) is 10.6 Å². The van der Waals surface area contributed by atoms with Gasteiger partial charge in [0.2, 0.25) is 0 Å². The maximum atomic E-state index is 12.3. The zero-order chi connectivity index (χ0) is 22.5. The molecule has 158 valence electrons. The maximum Gasteiger partial charge on any atom is 0.275 e. The molecule has 0 radical (unpaired) electrons. The molecule has 0 aliphatic rings. The summed E-state index contributed by atoms with van der Waals surface area (Å²) in [6, 6.07) is 11.6. The van der Waals surface area contributed by atoms with Gasteiger partial charge in [-0.2, -0.15) is 0 Å². The highest BCUT2D eigenvalue weighted by molar-refractivity contribution is 6.04. The van der Waals surface area contributed by atoms with Crippen LogP contribution in [0.3, 0.4) is 0 Å². The highest BCUT2D eigenvalue weighted by atomic mass is 16.2. The molecule has 2 amide bonds. The van der Waals surface area contributed by atoms with E-state index in [1.807, 2.05) is 50.2 Å². The normalized spacial score (nSPS) is 10.4. The Kier molecular flexibility index (Phi) is 5.94. The van der Waals surface area contributed by atoms with Crippen LogP contribution in [0.2, 0.25) is 0 Å². The molecule has 0 atom stereocenters. The first-order chi connectivity index (χ1) is 15.5. The van der Waals surface area contributed by atoms with E-state index in [0.717, 1.165) is 22.3 Å². The number of amides is 2. The van der Waals surface area contributed by atoms with Gasteiger partial charge in [0.25, 0.3) is 11.8 Å². The zero-order valence-corrected chi connectivity index (χ0v) is 17.5. The summed E-state index contributed by atoms with van der Waals surface area (Å²) in [6.07, 6.45) is 8.84. The van der Waals surface area contributed by atoms with E-state index in [0.29, 0.717) is 11.4 Å². The Morgan fingerprint density at radius 3 is 1.44 bits per heavy atom. The summed E-state index contributed by atoms with van der Waals surface area (Å²) < 4.78 is 0. The molecule has 0 saturated carbocycles. The summed E-state index contributed by atoms with van der Waals surface area (Å²) in [6.45, 7) is 3.86. The molecule has 0 spiro atoms. The van der Waals surface area contributed by atoms with Gasteiger partial charge < -0.3 is 10.6 Å². The fourth-order valence-electron chi connectivity index (χ4n) is 3.17. The van der Waals surface area contributed by atoms with Crippen molar-refractivity contribution in [3.63, 3.8) is 0 Å². The molecule has 2 aromatic heterocycles. The molecule has 0 fully saturated rings. The Bertz CT molecular complexity index is 1180. The molecule has 2 aromatic carbocycles. The molecule has 8 nitrogen and oxygen atoms in total. The second-order valence-corrected chi connectivity index (χ2v) is 7.15. The number of hydrogen-bond donors (Lipinski definition) is 2. The van der Waals surface area contributed by atoms with Crippen LogP contribution in [-0.4, -0.2) is 31.8 Å². The van der Waals surface area contributed by atoms with Crippen LogP contribution in [0, 0.1) is 13.8 Å². The van der Waals surface area contributed by atoms with Gasteiger partial charge in [0.1, 0.15) is 11.4 Å². The SMILES string of the molecule is Cc1cc(-c2ccc(NC(=O)c3cnccn3)c(C)c2)ccc1NC(=O)c1cnccn1. The summed E-state index contributed by atoms with van der Waals surface area (Å²) in [5.74, 6) is -0.624. The number of nitrogens with zero attached hydrogens (tertiary/aromatic N) is 4. The van der Waals surface area contributed by atoms with Crippen LogP contribution in [-0.2, 0) is 0 Å². The second kappa shape index (κ2) is 9.13. The van der Waals surface area contributed by atoms with Crippen molar-refractivity contribution in [1.29, 1.82) is 0 Å². The predicted molar refractivity (Wildman–Crippen MR) is 121 cm³/mol. The summed E-state index contributed by atoms with van der Waals surface area (Å²) in [5.41, 5.74) is 5.74. The lowest BCUT2D eigenvalue weighted by Gasteiger charge is -2.12. The summed E-state index contributed by atoms with van der Waals surface area (Å²) >= 11 is 0. The molecule has 0 unspecified atom stereocenters. The minimum Gasteiger partial charge on any atom is -0.320 e. The van der Waals surface area contributed by atoms with Crippen LogP contribution in [0.4, 0.5) is 11.4 Å². The summed E-state index contributed by atoms with van der Waals surface area (Å²) in [5, 5.41) is 5.73. The number of rotatable bonds is 5. The van der Waals surface area contributed by atoms with E-state index in [4.69, 9.17) is 0 Å². The molecule has 0 bridgehead atoms. The molecule has 4 rings (SSSR count). The summed E-state index contributed by atoms with van der Waals surface area (Å²) in [4.78, 5) is 40.5. The van der Waals surface area contributed by atoms with E-state index in [2.05, 4.69) is 30.6 Å². The minimum atomic E-state index is -0.312. The van der Waals surface area contributed by atoms with Crippen LogP contribution in [0.1, 0.15) is 32.1 Å². The number of nitrogens with one attached hydrogen (secondary N) is 2. The Labute approximate surface area is 184 Å². The van der Waals surface area contributed by atoms with Gasteiger partial charge >= 0.3 is 0 Å². The lowest BCUT2D eigenvalue weighted by atomic mass is 10.00. The van der Waals surface area contributed by atoms with Crippen molar-refractivity contribution < 1.29 is 9.59 Å².